The van der Waals surface area contributed by atoms with Gasteiger partial charge in [0, 0.05) is 6.04 Å². The maximum atomic E-state index is 12.9. The highest BCUT2D eigenvalue weighted by Crippen LogP contribution is 2.18. The smallest absolute Gasteiger partial charge is 0.241 e. The summed E-state index contributed by atoms with van der Waals surface area (Å²) in [6.07, 6.45) is 5.61. The Morgan fingerprint density at radius 3 is 2.29 bits per heavy atom. The SMILES string of the molecule is Cc1ccc(S(=O)(=O)N[C@@H](Cc2ccccc2)C(=O)NC2CCCCC2)cc1. The molecule has 28 heavy (non-hydrogen) atoms. The average Bonchev–Trinajstić information content (AvgIpc) is 2.69. The standard InChI is InChI=1S/C22H28N2O3S/c1-17-12-14-20(15-13-17)28(26,27)24-21(16-18-8-4-2-5-9-18)22(25)23-19-10-6-3-7-11-19/h2,4-5,8-9,12-15,19,21,24H,3,6-7,10-11,16H2,1H3,(H,23,25)/t21-/m0/s1. The molecule has 2 N–H and O–H groups in total. The molecule has 0 bridgehead atoms. The molecule has 0 heterocycles. The maximum Gasteiger partial charge on any atom is 0.241 e. The Kier molecular flexibility index (Phi) is 6.86. The van der Waals surface area contributed by atoms with Crippen LogP contribution in [-0.4, -0.2) is 26.4 Å². The van der Waals surface area contributed by atoms with E-state index in [2.05, 4.69) is 10.0 Å². The Balaban J connectivity index is 1.78. The maximum absolute atomic E-state index is 12.9. The summed E-state index contributed by atoms with van der Waals surface area (Å²) in [6.45, 7) is 1.90. The van der Waals surface area contributed by atoms with Crippen LogP contribution < -0.4 is 10.0 Å². The zero-order valence-corrected chi connectivity index (χ0v) is 17.0. The zero-order valence-electron chi connectivity index (χ0n) is 16.2. The van der Waals surface area contributed by atoms with Crippen molar-refractivity contribution in [3.8, 4) is 0 Å². The van der Waals surface area contributed by atoms with E-state index in [0.29, 0.717) is 6.42 Å². The largest absolute Gasteiger partial charge is 0.352 e. The van der Waals surface area contributed by atoms with Gasteiger partial charge in [0.2, 0.25) is 15.9 Å². The summed E-state index contributed by atoms with van der Waals surface area (Å²) in [5.41, 5.74) is 1.90. The summed E-state index contributed by atoms with van der Waals surface area (Å²) in [5.74, 6) is -0.258. The molecule has 1 fully saturated rings. The van der Waals surface area contributed by atoms with E-state index in [9.17, 15) is 13.2 Å². The van der Waals surface area contributed by atoms with Crippen LogP contribution in [0.5, 0.6) is 0 Å². The van der Waals surface area contributed by atoms with E-state index < -0.39 is 16.1 Å². The second kappa shape index (κ2) is 9.34. The fraction of sp³-hybridized carbons (Fsp3) is 0.409. The quantitative estimate of drug-likeness (QED) is 0.749. The lowest BCUT2D eigenvalue weighted by Gasteiger charge is -2.26. The van der Waals surface area contributed by atoms with E-state index in [4.69, 9.17) is 0 Å². The molecule has 0 spiro atoms. The van der Waals surface area contributed by atoms with Crippen molar-refractivity contribution in [1.82, 2.24) is 10.0 Å². The van der Waals surface area contributed by atoms with Crippen LogP contribution in [0.15, 0.2) is 59.5 Å². The van der Waals surface area contributed by atoms with Crippen molar-refractivity contribution in [2.45, 2.75) is 62.4 Å². The summed E-state index contributed by atoms with van der Waals surface area (Å²) in [5, 5.41) is 3.06. The molecule has 0 unspecified atom stereocenters. The van der Waals surface area contributed by atoms with Crippen LogP contribution >= 0.6 is 0 Å². The van der Waals surface area contributed by atoms with Gasteiger partial charge in [0.05, 0.1) is 4.90 Å². The summed E-state index contributed by atoms with van der Waals surface area (Å²) >= 11 is 0. The molecule has 6 heteroatoms. The summed E-state index contributed by atoms with van der Waals surface area (Å²) < 4.78 is 28.3. The second-order valence-electron chi connectivity index (χ2n) is 7.52. The number of hydrogen-bond donors (Lipinski definition) is 2. The van der Waals surface area contributed by atoms with Gasteiger partial charge in [0.25, 0.3) is 0 Å². The van der Waals surface area contributed by atoms with Crippen LogP contribution in [-0.2, 0) is 21.2 Å². The Bertz CT molecular complexity index is 874. The minimum atomic E-state index is -3.79. The van der Waals surface area contributed by atoms with E-state index in [1.165, 1.54) is 6.42 Å². The molecule has 1 amide bonds. The highest BCUT2D eigenvalue weighted by molar-refractivity contribution is 7.89. The molecule has 1 saturated carbocycles. The van der Waals surface area contributed by atoms with Gasteiger partial charge < -0.3 is 5.32 Å². The van der Waals surface area contributed by atoms with Crippen molar-refractivity contribution >= 4 is 15.9 Å². The van der Waals surface area contributed by atoms with Gasteiger partial charge in [-0.25, -0.2) is 8.42 Å². The molecule has 0 radical (unpaired) electrons. The van der Waals surface area contributed by atoms with Crippen LogP contribution in [0.4, 0.5) is 0 Å². The summed E-state index contributed by atoms with van der Waals surface area (Å²) in [6, 6.07) is 15.4. The third-order valence-corrected chi connectivity index (χ3v) is 6.67. The van der Waals surface area contributed by atoms with Gasteiger partial charge in [0.15, 0.2) is 0 Å². The number of amides is 1. The molecule has 150 valence electrons. The van der Waals surface area contributed by atoms with Crippen molar-refractivity contribution < 1.29 is 13.2 Å². The Hall–Kier alpha value is -2.18. The lowest BCUT2D eigenvalue weighted by Crippen LogP contribution is -2.50. The first-order valence-electron chi connectivity index (χ1n) is 9.87. The minimum Gasteiger partial charge on any atom is -0.352 e. The van der Waals surface area contributed by atoms with E-state index >= 15 is 0 Å². The Morgan fingerprint density at radius 1 is 1.00 bits per heavy atom. The summed E-state index contributed by atoms with van der Waals surface area (Å²) in [4.78, 5) is 13.1. The number of benzene rings is 2. The highest BCUT2D eigenvalue weighted by Gasteiger charge is 2.28. The Labute approximate surface area is 167 Å². The molecule has 5 nitrogen and oxygen atoms in total. The van der Waals surface area contributed by atoms with Gasteiger partial charge in [-0.05, 0) is 43.9 Å². The first-order chi connectivity index (χ1) is 13.4. The third kappa shape index (κ3) is 5.66. The first kappa shape index (κ1) is 20.6. The number of nitrogens with one attached hydrogen (secondary N) is 2. The van der Waals surface area contributed by atoms with Crippen molar-refractivity contribution in [3.05, 3.63) is 65.7 Å². The fourth-order valence-electron chi connectivity index (χ4n) is 3.56. The molecule has 3 rings (SSSR count). The van der Waals surface area contributed by atoms with Crippen molar-refractivity contribution in [1.29, 1.82) is 0 Å². The van der Waals surface area contributed by atoms with Crippen LogP contribution in [0.25, 0.3) is 0 Å². The number of aryl methyl sites for hydroxylation is 1. The Morgan fingerprint density at radius 2 is 1.64 bits per heavy atom. The molecule has 0 saturated heterocycles. The molecule has 2 aromatic rings. The van der Waals surface area contributed by atoms with Crippen molar-refractivity contribution in [2.75, 3.05) is 0 Å². The number of sulfonamides is 1. The van der Waals surface area contributed by atoms with Crippen LogP contribution in [0.2, 0.25) is 0 Å². The average molecular weight is 401 g/mol. The third-order valence-electron chi connectivity index (χ3n) is 5.18. The van der Waals surface area contributed by atoms with Gasteiger partial charge in [0.1, 0.15) is 6.04 Å². The lowest BCUT2D eigenvalue weighted by molar-refractivity contribution is -0.123. The van der Waals surface area contributed by atoms with E-state index in [-0.39, 0.29) is 16.8 Å². The zero-order chi connectivity index (χ0) is 20.0. The monoisotopic (exact) mass is 400 g/mol. The predicted molar refractivity (Wildman–Crippen MR) is 110 cm³/mol. The van der Waals surface area contributed by atoms with Crippen molar-refractivity contribution in [3.63, 3.8) is 0 Å². The molecular formula is C22H28N2O3S. The molecule has 1 atom stereocenters. The highest BCUT2D eigenvalue weighted by atomic mass is 32.2. The second-order valence-corrected chi connectivity index (χ2v) is 9.23. The van der Waals surface area contributed by atoms with E-state index in [1.54, 1.807) is 24.3 Å². The predicted octanol–water partition coefficient (Wildman–Crippen LogP) is 3.33. The minimum absolute atomic E-state index is 0.128. The normalized spacial score (nSPS) is 16.5. The van der Waals surface area contributed by atoms with Crippen LogP contribution in [0, 0.1) is 6.92 Å². The van der Waals surface area contributed by atoms with E-state index in [0.717, 1.165) is 36.8 Å². The van der Waals surface area contributed by atoms with Gasteiger partial charge in [-0.3, -0.25) is 4.79 Å². The topological polar surface area (TPSA) is 75.3 Å². The fourth-order valence-corrected chi connectivity index (χ4v) is 4.75. The number of carbonyl (C=O) groups excluding carboxylic acids is 1. The number of carbonyl (C=O) groups is 1. The van der Waals surface area contributed by atoms with E-state index in [1.807, 2.05) is 37.3 Å². The molecule has 0 aliphatic heterocycles. The van der Waals surface area contributed by atoms with Crippen LogP contribution in [0.1, 0.15) is 43.2 Å². The van der Waals surface area contributed by atoms with Gasteiger partial charge in [-0.1, -0.05) is 67.3 Å². The molecule has 1 aliphatic rings. The van der Waals surface area contributed by atoms with Crippen molar-refractivity contribution in [2.24, 2.45) is 0 Å². The van der Waals surface area contributed by atoms with Gasteiger partial charge >= 0.3 is 0 Å². The number of hydrogen-bond acceptors (Lipinski definition) is 3. The van der Waals surface area contributed by atoms with Gasteiger partial charge in [-0.15, -0.1) is 0 Å². The van der Waals surface area contributed by atoms with Crippen LogP contribution in [0.3, 0.4) is 0 Å². The first-order valence-corrected chi connectivity index (χ1v) is 11.4. The molecule has 2 aromatic carbocycles. The number of rotatable bonds is 7. The molecule has 1 aliphatic carbocycles. The molecule has 0 aromatic heterocycles. The molecular weight excluding hydrogens is 372 g/mol. The summed E-state index contributed by atoms with van der Waals surface area (Å²) in [7, 11) is -3.79. The van der Waals surface area contributed by atoms with Gasteiger partial charge in [-0.2, -0.15) is 4.72 Å². The lowest BCUT2D eigenvalue weighted by atomic mass is 9.95.